The van der Waals surface area contributed by atoms with Gasteiger partial charge in [0, 0.05) is 18.6 Å². The fourth-order valence-electron chi connectivity index (χ4n) is 3.46. The standard InChI is InChI=1S/C16H19NO2/c1-2-14(18)17-15-13-6-4-3-5-12(13)11-16(15)7-9-19-10-8-16/h2-6,15H,1,7-11H2,(H,17,18). The Balaban J connectivity index is 1.97. The lowest BCUT2D eigenvalue weighted by Gasteiger charge is -2.39. The SMILES string of the molecule is C=CC(=O)NC1c2ccccc2CC12CCOCC2. The molecule has 1 fully saturated rings. The summed E-state index contributed by atoms with van der Waals surface area (Å²) in [6.07, 6.45) is 4.40. The van der Waals surface area contributed by atoms with Crippen LogP contribution in [0.25, 0.3) is 0 Å². The Hall–Kier alpha value is -1.61. The Bertz CT molecular complexity index is 503. The van der Waals surface area contributed by atoms with Gasteiger partial charge < -0.3 is 10.1 Å². The molecule has 1 amide bonds. The molecule has 1 aromatic carbocycles. The molecule has 0 bridgehead atoms. The van der Waals surface area contributed by atoms with Crippen molar-refractivity contribution in [1.29, 1.82) is 0 Å². The zero-order valence-corrected chi connectivity index (χ0v) is 11.0. The highest BCUT2D eigenvalue weighted by Crippen LogP contribution is 2.51. The number of carbonyl (C=O) groups is 1. The monoisotopic (exact) mass is 257 g/mol. The van der Waals surface area contributed by atoms with Crippen LogP contribution in [0.2, 0.25) is 0 Å². The van der Waals surface area contributed by atoms with Crippen molar-refractivity contribution in [3.63, 3.8) is 0 Å². The molecular weight excluding hydrogens is 238 g/mol. The van der Waals surface area contributed by atoms with E-state index < -0.39 is 0 Å². The number of ether oxygens (including phenoxy) is 1. The molecule has 1 atom stereocenters. The minimum absolute atomic E-state index is 0.0902. The van der Waals surface area contributed by atoms with Crippen molar-refractivity contribution >= 4 is 5.91 Å². The summed E-state index contributed by atoms with van der Waals surface area (Å²) < 4.78 is 5.50. The fourth-order valence-corrected chi connectivity index (χ4v) is 3.46. The van der Waals surface area contributed by atoms with E-state index >= 15 is 0 Å². The molecule has 19 heavy (non-hydrogen) atoms. The highest BCUT2D eigenvalue weighted by molar-refractivity contribution is 5.87. The number of carbonyl (C=O) groups excluding carboxylic acids is 1. The molecule has 100 valence electrons. The van der Waals surface area contributed by atoms with E-state index in [4.69, 9.17) is 4.74 Å². The quantitative estimate of drug-likeness (QED) is 0.826. The van der Waals surface area contributed by atoms with E-state index in [2.05, 4.69) is 30.1 Å². The van der Waals surface area contributed by atoms with E-state index in [0.29, 0.717) is 0 Å². The predicted molar refractivity (Wildman–Crippen MR) is 73.7 cm³/mol. The van der Waals surface area contributed by atoms with E-state index in [1.54, 1.807) is 0 Å². The summed E-state index contributed by atoms with van der Waals surface area (Å²) in [5.74, 6) is -0.0902. The maximum atomic E-state index is 11.7. The van der Waals surface area contributed by atoms with Gasteiger partial charge in [-0.05, 0) is 36.5 Å². The molecule has 1 heterocycles. The Kier molecular flexibility index (Phi) is 3.15. The number of rotatable bonds is 2. The molecular formula is C16H19NO2. The van der Waals surface area contributed by atoms with Crippen LogP contribution in [0.3, 0.4) is 0 Å². The summed E-state index contributed by atoms with van der Waals surface area (Å²) in [4.78, 5) is 11.7. The van der Waals surface area contributed by atoms with Crippen LogP contribution in [0, 0.1) is 5.41 Å². The molecule has 1 aromatic rings. The van der Waals surface area contributed by atoms with Crippen molar-refractivity contribution in [3.8, 4) is 0 Å². The number of amides is 1. The molecule has 1 unspecified atom stereocenters. The van der Waals surface area contributed by atoms with Crippen LogP contribution in [0.1, 0.15) is 30.0 Å². The molecule has 1 N–H and O–H groups in total. The first kappa shape index (κ1) is 12.4. The number of nitrogens with one attached hydrogen (secondary N) is 1. The molecule has 3 heteroatoms. The number of hydrogen-bond donors (Lipinski definition) is 1. The van der Waals surface area contributed by atoms with E-state index in [0.717, 1.165) is 32.5 Å². The molecule has 0 aromatic heterocycles. The van der Waals surface area contributed by atoms with Gasteiger partial charge in [-0.2, -0.15) is 0 Å². The maximum Gasteiger partial charge on any atom is 0.243 e. The molecule has 2 aliphatic rings. The lowest BCUT2D eigenvalue weighted by molar-refractivity contribution is -0.118. The number of benzene rings is 1. The first-order valence-corrected chi connectivity index (χ1v) is 6.84. The van der Waals surface area contributed by atoms with Gasteiger partial charge in [0.15, 0.2) is 0 Å². The summed E-state index contributed by atoms with van der Waals surface area (Å²) in [7, 11) is 0. The van der Waals surface area contributed by atoms with Gasteiger partial charge in [0.25, 0.3) is 0 Å². The zero-order valence-electron chi connectivity index (χ0n) is 11.0. The van der Waals surface area contributed by atoms with Crippen molar-refractivity contribution < 1.29 is 9.53 Å². The zero-order chi connectivity index (χ0) is 13.3. The van der Waals surface area contributed by atoms with E-state index in [1.807, 2.05) is 6.07 Å². The largest absolute Gasteiger partial charge is 0.381 e. The second kappa shape index (κ2) is 4.82. The normalized spacial score (nSPS) is 23.9. The van der Waals surface area contributed by atoms with Gasteiger partial charge in [0.2, 0.25) is 5.91 Å². The van der Waals surface area contributed by atoms with Gasteiger partial charge in [-0.25, -0.2) is 0 Å². The third kappa shape index (κ3) is 2.08. The van der Waals surface area contributed by atoms with Crippen LogP contribution in [0.4, 0.5) is 0 Å². The summed E-state index contributed by atoms with van der Waals surface area (Å²) in [6, 6.07) is 8.52. The second-order valence-corrected chi connectivity index (χ2v) is 5.50. The minimum Gasteiger partial charge on any atom is -0.381 e. The summed E-state index contributed by atoms with van der Waals surface area (Å²) in [6.45, 7) is 5.13. The van der Waals surface area contributed by atoms with E-state index in [1.165, 1.54) is 17.2 Å². The highest BCUT2D eigenvalue weighted by Gasteiger charge is 2.47. The molecule has 0 saturated carbocycles. The molecule has 3 nitrogen and oxygen atoms in total. The molecule has 1 aliphatic heterocycles. The molecule has 0 radical (unpaired) electrons. The third-order valence-corrected chi connectivity index (χ3v) is 4.48. The topological polar surface area (TPSA) is 38.3 Å². The lowest BCUT2D eigenvalue weighted by atomic mass is 9.74. The maximum absolute atomic E-state index is 11.7. The average molecular weight is 257 g/mol. The van der Waals surface area contributed by atoms with Crippen LogP contribution in [-0.2, 0) is 16.0 Å². The Morgan fingerprint density at radius 1 is 1.37 bits per heavy atom. The van der Waals surface area contributed by atoms with Gasteiger partial charge in [-0.1, -0.05) is 30.8 Å². The van der Waals surface area contributed by atoms with Crippen molar-refractivity contribution in [1.82, 2.24) is 5.32 Å². The first-order chi connectivity index (χ1) is 9.25. The molecule has 1 aliphatic carbocycles. The van der Waals surface area contributed by atoms with Crippen LogP contribution in [-0.4, -0.2) is 19.1 Å². The van der Waals surface area contributed by atoms with E-state index in [9.17, 15) is 4.79 Å². The fraction of sp³-hybridized carbons (Fsp3) is 0.438. The summed E-state index contributed by atoms with van der Waals surface area (Å²) in [5, 5.41) is 3.13. The smallest absolute Gasteiger partial charge is 0.243 e. The lowest BCUT2D eigenvalue weighted by Crippen LogP contribution is -2.41. The number of hydrogen-bond acceptors (Lipinski definition) is 2. The predicted octanol–water partition coefficient (Wildman–Crippen LogP) is 2.38. The van der Waals surface area contributed by atoms with Crippen LogP contribution in [0.5, 0.6) is 0 Å². The van der Waals surface area contributed by atoms with E-state index in [-0.39, 0.29) is 17.4 Å². The van der Waals surface area contributed by atoms with Gasteiger partial charge in [-0.3, -0.25) is 4.79 Å². The molecule has 1 spiro atoms. The summed E-state index contributed by atoms with van der Waals surface area (Å²) >= 11 is 0. The van der Waals surface area contributed by atoms with Gasteiger partial charge in [-0.15, -0.1) is 0 Å². The Morgan fingerprint density at radius 3 is 2.84 bits per heavy atom. The third-order valence-electron chi connectivity index (χ3n) is 4.48. The van der Waals surface area contributed by atoms with Crippen molar-refractivity contribution in [2.45, 2.75) is 25.3 Å². The van der Waals surface area contributed by atoms with Crippen molar-refractivity contribution in [3.05, 3.63) is 48.0 Å². The summed E-state index contributed by atoms with van der Waals surface area (Å²) in [5.41, 5.74) is 2.75. The Morgan fingerprint density at radius 2 is 2.11 bits per heavy atom. The van der Waals surface area contributed by atoms with Crippen molar-refractivity contribution in [2.75, 3.05) is 13.2 Å². The first-order valence-electron chi connectivity index (χ1n) is 6.84. The Labute approximate surface area is 113 Å². The van der Waals surface area contributed by atoms with Crippen molar-refractivity contribution in [2.24, 2.45) is 5.41 Å². The van der Waals surface area contributed by atoms with Gasteiger partial charge >= 0.3 is 0 Å². The van der Waals surface area contributed by atoms with Crippen LogP contribution >= 0.6 is 0 Å². The number of fused-ring (bicyclic) bond motifs is 1. The van der Waals surface area contributed by atoms with Gasteiger partial charge in [0.1, 0.15) is 0 Å². The average Bonchev–Trinajstić information content (AvgIpc) is 2.73. The van der Waals surface area contributed by atoms with Crippen LogP contribution < -0.4 is 5.32 Å². The van der Waals surface area contributed by atoms with Gasteiger partial charge in [0.05, 0.1) is 6.04 Å². The minimum atomic E-state index is -0.0902. The van der Waals surface area contributed by atoms with Crippen LogP contribution in [0.15, 0.2) is 36.9 Å². The molecule has 1 saturated heterocycles. The second-order valence-electron chi connectivity index (χ2n) is 5.50. The highest BCUT2D eigenvalue weighted by atomic mass is 16.5. The molecule has 3 rings (SSSR count).